The standard InChI is InChI=1S/C40H38N4O6S/c1-49-39(47)27-15-11-25(12-16-27)21-43-37(45)35(19-29-23-41-33-9-5-3-7-31(29)33)51-36(20-30-24-42-34-10-6-4-8-32(30)34)38(46)44-22-26-13-17-28(18-14-26)40(48)50-2/h3-18,23-24,35-36,41-42H,19-22H2,1-2H3,(H,43,45)(H,44,46). The molecule has 2 amide bonds. The molecule has 0 fully saturated rings. The summed E-state index contributed by atoms with van der Waals surface area (Å²) < 4.78 is 9.60. The average Bonchev–Trinajstić information content (AvgIpc) is 3.79. The number of carbonyl (C=O) groups excluding carboxylic acids is 4. The summed E-state index contributed by atoms with van der Waals surface area (Å²) in [5, 5.41) is 6.92. The van der Waals surface area contributed by atoms with Gasteiger partial charge in [-0.2, -0.15) is 0 Å². The molecule has 0 aliphatic carbocycles. The number of amides is 2. The van der Waals surface area contributed by atoms with Crippen LogP contribution in [0, 0.1) is 0 Å². The molecule has 0 saturated heterocycles. The van der Waals surface area contributed by atoms with Crippen molar-refractivity contribution in [3.63, 3.8) is 0 Å². The molecular formula is C40H38N4O6S. The molecule has 10 nitrogen and oxygen atoms in total. The zero-order chi connectivity index (χ0) is 35.7. The van der Waals surface area contributed by atoms with Gasteiger partial charge in [0, 0.05) is 47.3 Å². The second kappa shape index (κ2) is 16.3. The third kappa shape index (κ3) is 8.50. The van der Waals surface area contributed by atoms with Crippen LogP contribution in [0.2, 0.25) is 0 Å². The lowest BCUT2D eigenvalue weighted by atomic mass is 10.1. The Balaban J connectivity index is 1.25. The van der Waals surface area contributed by atoms with E-state index < -0.39 is 22.4 Å². The van der Waals surface area contributed by atoms with E-state index in [4.69, 9.17) is 9.47 Å². The van der Waals surface area contributed by atoms with Crippen LogP contribution in [0.5, 0.6) is 0 Å². The number of aromatic nitrogens is 2. The van der Waals surface area contributed by atoms with Crippen molar-refractivity contribution in [1.82, 2.24) is 20.6 Å². The van der Waals surface area contributed by atoms with Gasteiger partial charge in [0.2, 0.25) is 11.8 Å². The van der Waals surface area contributed by atoms with Gasteiger partial charge in [0.1, 0.15) is 0 Å². The lowest BCUT2D eigenvalue weighted by Gasteiger charge is -2.23. The quantitative estimate of drug-likeness (QED) is 0.100. The fourth-order valence-corrected chi connectivity index (χ4v) is 7.33. The third-order valence-electron chi connectivity index (χ3n) is 8.76. The number of hydrogen-bond donors (Lipinski definition) is 4. The second-order valence-electron chi connectivity index (χ2n) is 12.1. The summed E-state index contributed by atoms with van der Waals surface area (Å²) in [5.41, 5.74) is 6.35. The maximum Gasteiger partial charge on any atom is 0.337 e. The molecule has 260 valence electrons. The minimum absolute atomic E-state index is 0.211. The Morgan fingerprint density at radius 1 is 0.588 bits per heavy atom. The summed E-state index contributed by atoms with van der Waals surface area (Å²) in [5.74, 6) is -1.29. The highest BCUT2D eigenvalue weighted by Crippen LogP contribution is 2.30. The first kappa shape index (κ1) is 35.0. The number of thioether (sulfide) groups is 1. The highest BCUT2D eigenvalue weighted by molar-refractivity contribution is 8.01. The summed E-state index contributed by atoms with van der Waals surface area (Å²) in [6.45, 7) is 0.484. The number of H-pyrrole nitrogens is 2. The number of esters is 2. The summed E-state index contributed by atoms with van der Waals surface area (Å²) >= 11 is 1.33. The molecule has 0 saturated carbocycles. The van der Waals surface area contributed by atoms with Gasteiger partial charge in [0.15, 0.2) is 0 Å². The highest BCUT2D eigenvalue weighted by atomic mass is 32.2. The molecule has 0 spiro atoms. The first-order chi connectivity index (χ1) is 24.8. The summed E-state index contributed by atoms with van der Waals surface area (Å²) in [6.07, 6.45) is 4.61. The van der Waals surface area contributed by atoms with Gasteiger partial charge in [-0.3, -0.25) is 9.59 Å². The number of ether oxygens (including phenoxy) is 2. The normalized spacial score (nSPS) is 12.3. The Hall–Kier alpha value is -5.81. The topological polar surface area (TPSA) is 142 Å². The van der Waals surface area contributed by atoms with Crippen molar-refractivity contribution in [2.75, 3.05) is 14.2 Å². The molecule has 6 aromatic rings. The van der Waals surface area contributed by atoms with E-state index in [1.54, 1.807) is 48.5 Å². The van der Waals surface area contributed by atoms with Gasteiger partial charge < -0.3 is 30.1 Å². The molecule has 2 unspecified atom stereocenters. The maximum atomic E-state index is 14.1. The van der Waals surface area contributed by atoms with E-state index >= 15 is 0 Å². The van der Waals surface area contributed by atoms with Crippen molar-refractivity contribution in [1.29, 1.82) is 0 Å². The molecule has 4 aromatic carbocycles. The van der Waals surface area contributed by atoms with Crippen LogP contribution in [0.15, 0.2) is 109 Å². The van der Waals surface area contributed by atoms with Crippen molar-refractivity contribution in [3.05, 3.63) is 143 Å². The smallest absolute Gasteiger partial charge is 0.337 e. The van der Waals surface area contributed by atoms with E-state index in [-0.39, 0.29) is 24.9 Å². The fraction of sp³-hybridized carbons (Fsp3) is 0.200. The number of fused-ring (bicyclic) bond motifs is 2. The fourth-order valence-electron chi connectivity index (χ4n) is 5.96. The molecule has 0 aliphatic rings. The van der Waals surface area contributed by atoms with E-state index in [0.717, 1.165) is 44.1 Å². The number of nitrogens with one attached hydrogen (secondary N) is 4. The van der Waals surface area contributed by atoms with Crippen LogP contribution in [0.3, 0.4) is 0 Å². The SMILES string of the molecule is COC(=O)c1ccc(CNC(=O)C(Cc2c[nH]c3ccccc23)SC(Cc2c[nH]c3ccccc23)C(=O)NCc2ccc(C(=O)OC)cc2)cc1. The van der Waals surface area contributed by atoms with Crippen LogP contribution in [0.4, 0.5) is 0 Å². The van der Waals surface area contributed by atoms with Gasteiger partial charge in [-0.25, -0.2) is 9.59 Å². The Morgan fingerprint density at radius 3 is 1.37 bits per heavy atom. The molecule has 11 heteroatoms. The van der Waals surface area contributed by atoms with Crippen LogP contribution in [0.1, 0.15) is 43.0 Å². The van der Waals surface area contributed by atoms with Crippen molar-refractivity contribution in [3.8, 4) is 0 Å². The Kier molecular flexibility index (Phi) is 11.2. The minimum Gasteiger partial charge on any atom is -0.465 e. The van der Waals surface area contributed by atoms with Gasteiger partial charge in [0.05, 0.1) is 35.8 Å². The summed E-state index contributed by atoms with van der Waals surface area (Å²) in [6, 6.07) is 29.6. The van der Waals surface area contributed by atoms with Gasteiger partial charge in [0.25, 0.3) is 0 Å². The van der Waals surface area contributed by atoms with Crippen LogP contribution in [-0.2, 0) is 45.0 Å². The van der Waals surface area contributed by atoms with E-state index in [1.165, 1.54) is 26.0 Å². The van der Waals surface area contributed by atoms with E-state index in [2.05, 4.69) is 20.6 Å². The van der Waals surface area contributed by atoms with E-state index in [9.17, 15) is 19.2 Å². The number of methoxy groups -OCH3 is 2. The second-order valence-corrected chi connectivity index (χ2v) is 13.5. The third-order valence-corrected chi connectivity index (χ3v) is 10.2. The zero-order valence-corrected chi connectivity index (χ0v) is 29.0. The van der Waals surface area contributed by atoms with Gasteiger partial charge in [-0.05, 0) is 71.5 Å². The number of rotatable bonds is 14. The maximum absolute atomic E-state index is 14.1. The number of hydrogen-bond acceptors (Lipinski definition) is 7. The van der Waals surface area contributed by atoms with Crippen molar-refractivity contribution in [2.45, 2.75) is 36.4 Å². The highest BCUT2D eigenvalue weighted by Gasteiger charge is 2.30. The monoisotopic (exact) mass is 702 g/mol. The molecular weight excluding hydrogens is 665 g/mol. The van der Waals surface area contributed by atoms with E-state index in [0.29, 0.717) is 24.0 Å². The molecule has 4 N–H and O–H groups in total. The average molecular weight is 703 g/mol. The molecule has 6 rings (SSSR count). The van der Waals surface area contributed by atoms with Crippen molar-refractivity contribution in [2.24, 2.45) is 0 Å². The molecule has 2 aromatic heterocycles. The van der Waals surface area contributed by atoms with Crippen LogP contribution in [-0.4, -0.2) is 58.4 Å². The Bertz CT molecular complexity index is 2000. The van der Waals surface area contributed by atoms with Gasteiger partial charge >= 0.3 is 11.9 Å². The first-order valence-electron chi connectivity index (χ1n) is 16.5. The van der Waals surface area contributed by atoms with E-state index in [1.807, 2.05) is 60.9 Å². The van der Waals surface area contributed by atoms with Crippen LogP contribution in [0.25, 0.3) is 21.8 Å². The van der Waals surface area contributed by atoms with Crippen LogP contribution >= 0.6 is 11.8 Å². The number of carbonyl (C=O) groups is 4. The Labute approximate surface area is 299 Å². The summed E-state index contributed by atoms with van der Waals surface area (Å²) in [7, 11) is 2.66. The molecule has 0 radical (unpaired) electrons. The predicted octanol–water partition coefficient (Wildman–Crippen LogP) is 6.11. The van der Waals surface area contributed by atoms with Crippen molar-refractivity contribution < 1.29 is 28.7 Å². The lowest BCUT2D eigenvalue weighted by Crippen LogP contribution is -2.39. The molecule has 2 heterocycles. The molecule has 2 atom stereocenters. The zero-order valence-electron chi connectivity index (χ0n) is 28.2. The predicted molar refractivity (Wildman–Crippen MR) is 198 cm³/mol. The number of para-hydroxylation sites is 2. The molecule has 0 aliphatic heterocycles. The number of aromatic amines is 2. The summed E-state index contributed by atoms with van der Waals surface area (Å²) in [4.78, 5) is 58.5. The van der Waals surface area contributed by atoms with Gasteiger partial charge in [-0.15, -0.1) is 11.8 Å². The molecule has 0 bridgehead atoms. The minimum atomic E-state index is -0.626. The van der Waals surface area contributed by atoms with Crippen molar-refractivity contribution >= 4 is 57.3 Å². The molecule has 51 heavy (non-hydrogen) atoms. The number of benzene rings is 4. The largest absolute Gasteiger partial charge is 0.465 e. The first-order valence-corrected chi connectivity index (χ1v) is 17.4. The van der Waals surface area contributed by atoms with Gasteiger partial charge in [-0.1, -0.05) is 60.7 Å². The Morgan fingerprint density at radius 2 is 0.980 bits per heavy atom. The lowest BCUT2D eigenvalue weighted by molar-refractivity contribution is -0.120. The van der Waals surface area contributed by atoms with Crippen LogP contribution < -0.4 is 10.6 Å².